The van der Waals surface area contributed by atoms with E-state index in [1.165, 1.54) is 12.8 Å². The summed E-state index contributed by atoms with van der Waals surface area (Å²) in [6, 6.07) is 1.54. The van der Waals surface area contributed by atoms with Gasteiger partial charge in [0.05, 0.1) is 0 Å². The lowest BCUT2D eigenvalue weighted by Crippen LogP contribution is -2.23. The smallest absolute Gasteiger partial charge is 0.0448 e. The van der Waals surface area contributed by atoms with Gasteiger partial charge in [-0.25, -0.2) is 0 Å². The molecule has 0 aromatic carbocycles. The highest BCUT2D eigenvalue weighted by Crippen LogP contribution is 2.51. The van der Waals surface area contributed by atoms with Crippen LogP contribution >= 0.6 is 0 Å². The zero-order valence-corrected chi connectivity index (χ0v) is 8.12. The molecule has 1 rings (SSSR count). The average molecular weight is 142 g/mol. The summed E-state index contributed by atoms with van der Waals surface area (Å²) in [5.41, 5.74) is 0.796. The summed E-state index contributed by atoms with van der Waals surface area (Å²) >= 11 is 0. The van der Waals surface area contributed by atoms with Crippen LogP contribution in [0.25, 0.3) is 0 Å². The lowest BCUT2D eigenvalue weighted by atomic mass is 10.2. The van der Waals surface area contributed by atoms with Crippen molar-refractivity contribution in [1.82, 2.24) is 0 Å². The van der Waals surface area contributed by atoms with E-state index >= 15 is 0 Å². The maximum Gasteiger partial charge on any atom is 0.0448 e. The second kappa shape index (κ2) is 1.85. The summed E-state index contributed by atoms with van der Waals surface area (Å²) in [6.07, 6.45) is 2.99. The molecule has 0 aliphatic heterocycles. The quantitative estimate of drug-likeness (QED) is 0.520. The minimum absolute atomic E-state index is 0.730. The predicted octanol–water partition coefficient (Wildman–Crippen LogP) is 3.12. The average Bonchev–Trinajstić information content (AvgIpc) is 2.12. The highest BCUT2D eigenvalue weighted by atomic mass is 28.3. The van der Waals surface area contributed by atoms with Crippen molar-refractivity contribution in [2.45, 2.75) is 45.5 Å². The largest absolute Gasteiger partial charge is 0.0695 e. The van der Waals surface area contributed by atoms with Crippen molar-refractivity contribution in [2.75, 3.05) is 0 Å². The van der Waals surface area contributed by atoms with Crippen LogP contribution in [0.1, 0.15) is 19.8 Å². The molecular weight excluding hydrogens is 124 g/mol. The number of hydrogen-bond donors (Lipinski definition) is 0. The Kier molecular flexibility index (Phi) is 1.50. The van der Waals surface area contributed by atoms with Gasteiger partial charge in [0.25, 0.3) is 0 Å². The molecule has 0 N–H and O–H groups in total. The van der Waals surface area contributed by atoms with Gasteiger partial charge in [0, 0.05) is 8.07 Å². The molecule has 0 radical (unpaired) electrons. The van der Waals surface area contributed by atoms with Crippen LogP contribution in [0.5, 0.6) is 0 Å². The summed E-state index contributed by atoms with van der Waals surface area (Å²) in [5, 5.41) is 0. The Hall–Kier alpha value is 0.217. The zero-order chi connectivity index (χ0) is 7.12. The van der Waals surface area contributed by atoms with Crippen LogP contribution in [0.15, 0.2) is 0 Å². The maximum absolute atomic E-state index is 2.47. The van der Waals surface area contributed by atoms with E-state index in [-0.39, 0.29) is 0 Å². The van der Waals surface area contributed by atoms with Crippen molar-refractivity contribution >= 4 is 8.07 Å². The topological polar surface area (TPSA) is 0 Å². The summed E-state index contributed by atoms with van der Waals surface area (Å²) in [6.45, 7) is 9.84. The fourth-order valence-corrected chi connectivity index (χ4v) is 4.58. The van der Waals surface area contributed by atoms with Gasteiger partial charge in [-0.15, -0.1) is 0 Å². The molecule has 1 saturated carbocycles. The second-order valence-corrected chi connectivity index (χ2v) is 10.5. The molecule has 0 spiro atoms. The Morgan fingerprint density at radius 3 is 1.78 bits per heavy atom. The lowest BCUT2D eigenvalue weighted by Gasteiger charge is -2.20. The van der Waals surface area contributed by atoms with Gasteiger partial charge in [-0.2, -0.15) is 0 Å². The minimum Gasteiger partial charge on any atom is -0.0695 e. The normalized spacial score (nSPS) is 24.0. The molecule has 54 valence electrons. The standard InChI is InChI=1S/C8H18Si/c1-8(5-6-8)7-9(2,3)4/h5-7H2,1-4H3. The Balaban J connectivity index is 2.33. The molecule has 0 atom stereocenters. The summed E-state index contributed by atoms with van der Waals surface area (Å²) < 4.78 is 0. The first kappa shape index (κ1) is 7.33. The molecule has 0 saturated heterocycles. The highest BCUT2D eigenvalue weighted by molar-refractivity contribution is 6.76. The Bertz CT molecular complexity index is 103. The van der Waals surface area contributed by atoms with Crippen molar-refractivity contribution in [3.63, 3.8) is 0 Å². The third-order valence-electron chi connectivity index (χ3n) is 2.06. The van der Waals surface area contributed by atoms with E-state index in [1.54, 1.807) is 6.04 Å². The maximum atomic E-state index is 2.47. The minimum atomic E-state index is -0.730. The summed E-state index contributed by atoms with van der Waals surface area (Å²) in [7, 11) is -0.730. The molecule has 0 unspecified atom stereocenters. The molecule has 0 aromatic rings. The Morgan fingerprint density at radius 1 is 1.22 bits per heavy atom. The van der Waals surface area contributed by atoms with Crippen LogP contribution in [0.4, 0.5) is 0 Å². The molecule has 0 aromatic heterocycles. The molecule has 1 heteroatoms. The van der Waals surface area contributed by atoms with Crippen molar-refractivity contribution in [3.05, 3.63) is 0 Å². The third kappa shape index (κ3) is 2.52. The zero-order valence-electron chi connectivity index (χ0n) is 7.12. The first-order valence-corrected chi connectivity index (χ1v) is 7.62. The van der Waals surface area contributed by atoms with Crippen LogP contribution in [0.2, 0.25) is 25.7 Å². The predicted molar refractivity (Wildman–Crippen MR) is 45.5 cm³/mol. The van der Waals surface area contributed by atoms with Gasteiger partial charge in [-0.05, 0) is 18.3 Å². The van der Waals surface area contributed by atoms with Crippen molar-refractivity contribution in [2.24, 2.45) is 5.41 Å². The van der Waals surface area contributed by atoms with Crippen LogP contribution in [0, 0.1) is 5.41 Å². The first-order chi connectivity index (χ1) is 3.91. The van der Waals surface area contributed by atoms with E-state index < -0.39 is 8.07 Å². The fourth-order valence-electron chi connectivity index (χ4n) is 1.67. The van der Waals surface area contributed by atoms with Gasteiger partial charge in [-0.1, -0.05) is 32.6 Å². The van der Waals surface area contributed by atoms with Crippen molar-refractivity contribution < 1.29 is 0 Å². The molecule has 0 bridgehead atoms. The molecule has 1 fully saturated rings. The van der Waals surface area contributed by atoms with Crippen molar-refractivity contribution in [1.29, 1.82) is 0 Å². The Labute approximate surface area is 59.7 Å². The molecule has 9 heavy (non-hydrogen) atoms. The first-order valence-electron chi connectivity index (χ1n) is 3.91. The van der Waals surface area contributed by atoms with Crippen LogP contribution in [-0.2, 0) is 0 Å². The monoisotopic (exact) mass is 142 g/mol. The molecule has 1 aliphatic carbocycles. The summed E-state index contributed by atoms with van der Waals surface area (Å²) in [5.74, 6) is 0. The molecule has 0 nitrogen and oxygen atoms in total. The van der Waals surface area contributed by atoms with Crippen molar-refractivity contribution in [3.8, 4) is 0 Å². The van der Waals surface area contributed by atoms with Gasteiger partial charge in [0.2, 0.25) is 0 Å². The van der Waals surface area contributed by atoms with E-state index in [4.69, 9.17) is 0 Å². The second-order valence-electron chi connectivity index (χ2n) is 5.05. The van der Waals surface area contributed by atoms with Crippen LogP contribution in [-0.4, -0.2) is 8.07 Å². The number of rotatable bonds is 2. The van der Waals surface area contributed by atoms with E-state index in [9.17, 15) is 0 Å². The number of hydrogen-bond acceptors (Lipinski definition) is 0. The Morgan fingerprint density at radius 2 is 1.67 bits per heavy atom. The lowest BCUT2D eigenvalue weighted by molar-refractivity contribution is 0.639. The van der Waals surface area contributed by atoms with Crippen LogP contribution < -0.4 is 0 Å². The summed E-state index contributed by atoms with van der Waals surface area (Å²) in [4.78, 5) is 0. The van der Waals surface area contributed by atoms with Gasteiger partial charge in [0.1, 0.15) is 0 Å². The van der Waals surface area contributed by atoms with E-state index in [0.717, 1.165) is 5.41 Å². The molecule has 0 heterocycles. The van der Waals surface area contributed by atoms with Gasteiger partial charge in [-0.3, -0.25) is 0 Å². The third-order valence-corrected chi connectivity index (χ3v) is 3.97. The highest BCUT2D eigenvalue weighted by Gasteiger charge is 2.40. The van der Waals surface area contributed by atoms with Crippen LogP contribution in [0.3, 0.4) is 0 Å². The SMILES string of the molecule is CC1(C[Si](C)(C)C)CC1. The van der Waals surface area contributed by atoms with Gasteiger partial charge >= 0.3 is 0 Å². The van der Waals surface area contributed by atoms with Gasteiger partial charge < -0.3 is 0 Å². The fraction of sp³-hybridized carbons (Fsp3) is 1.00. The van der Waals surface area contributed by atoms with E-state index in [0.29, 0.717) is 0 Å². The van der Waals surface area contributed by atoms with E-state index in [1.807, 2.05) is 0 Å². The molecule has 0 amide bonds. The molecular formula is C8H18Si. The van der Waals surface area contributed by atoms with E-state index in [2.05, 4.69) is 26.6 Å². The van der Waals surface area contributed by atoms with Gasteiger partial charge in [0.15, 0.2) is 0 Å². The molecule has 1 aliphatic rings.